The molecular weight excluding hydrogens is 256 g/mol. The first-order valence-corrected chi connectivity index (χ1v) is 5.85. The van der Waals surface area contributed by atoms with Crippen LogP contribution in [0.4, 0.5) is 5.69 Å². The van der Waals surface area contributed by atoms with Crippen LogP contribution in [0.15, 0.2) is 10.7 Å². The van der Waals surface area contributed by atoms with E-state index in [1.807, 2.05) is 6.92 Å². The summed E-state index contributed by atoms with van der Waals surface area (Å²) in [5.74, 6) is 1.26. The lowest BCUT2D eigenvalue weighted by molar-refractivity contribution is 0.277. The van der Waals surface area contributed by atoms with Gasteiger partial charge in [0.15, 0.2) is 0 Å². The molecule has 4 heteroatoms. The summed E-state index contributed by atoms with van der Waals surface area (Å²) in [4.78, 5) is 4.14. The third-order valence-corrected chi connectivity index (χ3v) is 3.14. The topological polar surface area (TPSA) is 48.1 Å². The summed E-state index contributed by atoms with van der Waals surface area (Å²) < 4.78 is 6.42. The van der Waals surface area contributed by atoms with Gasteiger partial charge in [0.25, 0.3) is 0 Å². The maximum Gasteiger partial charge on any atom is 0.228 e. The lowest BCUT2D eigenvalue weighted by Crippen LogP contribution is -2.04. The molecule has 0 fully saturated rings. The summed E-state index contributed by atoms with van der Waals surface area (Å²) in [6, 6.07) is 0. The maximum atomic E-state index is 5.72. The van der Waals surface area contributed by atoms with E-state index < -0.39 is 0 Å². The van der Waals surface area contributed by atoms with Crippen molar-refractivity contribution in [2.24, 2.45) is 5.92 Å². The van der Waals surface area contributed by atoms with Gasteiger partial charge in [-0.25, -0.2) is 4.98 Å². The molecule has 1 rings (SSSR count). The van der Waals surface area contributed by atoms with Gasteiger partial charge in [-0.1, -0.05) is 13.8 Å². The Bertz CT molecular complexity index is 340. The summed E-state index contributed by atoms with van der Waals surface area (Å²) in [6.45, 7) is 6.96. The van der Waals surface area contributed by atoms with Crippen molar-refractivity contribution in [1.82, 2.24) is 4.98 Å². The van der Waals surface area contributed by atoms with Crippen LogP contribution < -0.4 is 10.5 Å². The van der Waals surface area contributed by atoms with Gasteiger partial charge in [0, 0.05) is 0 Å². The third-order valence-electron chi connectivity index (χ3n) is 2.20. The van der Waals surface area contributed by atoms with Crippen molar-refractivity contribution in [2.45, 2.75) is 27.2 Å². The molecule has 0 unspecified atom stereocenters. The first-order chi connectivity index (χ1) is 7.02. The van der Waals surface area contributed by atoms with E-state index in [4.69, 9.17) is 10.5 Å². The number of pyridine rings is 1. The molecule has 0 saturated carbocycles. The molecule has 1 heterocycles. The number of hydrogen-bond acceptors (Lipinski definition) is 3. The molecular formula is C11H17BrN2O. The Hall–Kier alpha value is -0.770. The highest BCUT2D eigenvalue weighted by atomic mass is 79.9. The highest BCUT2D eigenvalue weighted by Gasteiger charge is 2.08. The lowest BCUT2D eigenvalue weighted by Gasteiger charge is -2.11. The predicted molar refractivity (Wildman–Crippen MR) is 66.0 cm³/mol. The third kappa shape index (κ3) is 3.38. The highest BCUT2D eigenvalue weighted by Crippen LogP contribution is 2.29. The number of anilines is 1. The summed E-state index contributed by atoms with van der Waals surface area (Å²) >= 11 is 3.43. The smallest absolute Gasteiger partial charge is 0.228 e. The van der Waals surface area contributed by atoms with Crippen LogP contribution in [0.3, 0.4) is 0 Å². The average Bonchev–Trinajstić information content (AvgIpc) is 2.18. The fraction of sp³-hybridized carbons (Fsp3) is 0.545. The van der Waals surface area contributed by atoms with Gasteiger partial charge in [-0.15, -0.1) is 0 Å². The lowest BCUT2D eigenvalue weighted by atomic mass is 10.1. The van der Waals surface area contributed by atoms with E-state index in [9.17, 15) is 0 Å². The zero-order valence-corrected chi connectivity index (χ0v) is 11.0. The molecule has 84 valence electrons. The van der Waals surface area contributed by atoms with Crippen LogP contribution >= 0.6 is 15.9 Å². The van der Waals surface area contributed by atoms with Crippen molar-refractivity contribution in [3.8, 4) is 5.88 Å². The monoisotopic (exact) mass is 272 g/mol. The van der Waals surface area contributed by atoms with Gasteiger partial charge in [0.2, 0.25) is 5.88 Å². The van der Waals surface area contributed by atoms with Gasteiger partial charge in [-0.2, -0.15) is 0 Å². The van der Waals surface area contributed by atoms with Crippen LogP contribution in [-0.2, 0) is 0 Å². The van der Waals surface area contributed by atoms with Gasteiger partial charge in [-0.05, 0) is 40.8 Å². The fourth-order valence-electron chi connectivity index (χ4n) is 1.06. The SMILES string of the molecule is Cc1c(N)cnc(OCCC(C)C)c1Br. The van der Waals surface area contributed by atoms with Gasteiger partial charge in [0.1, 0.15) is 0 Å². The van der Waals surface area contributed by atoms with E-state index in [-0.39, 0.29) is 0 Å². The minimum Gasteiger partial charge on any atom is -0.477 e. The van der Waals surface area contributed by atoms with Crippen molar-refractivity contribution in [1.29, 1.82) is 0 Å². The molecule has 0 aliphatic carbocycles. The molecule has 0 aromatic carbocycles. The van der Waals surface area contributed by atoms with Crippen molar-refractivity contribution >= 4 is 21.6 Å². The fourth-order valence-corrected chi connectivity index (χ4v) is 1.51. The normalized spacial score (nSPS) is 10.7. The number of aromatic nitrogens is 1. The zero-order chi connectivity index (χ0) is 11.4. The van der Waals surface area contributed by atoms with Gasteiger partial charge < -0.3 is 10.5 Å². The Morgan fingerprint density at radius 2 is 2.20 bits per heavy atom. The molecule has 0 amide bonds. The molecule has 0 spiro atoms. The molecule has 0 saturated heterocycles. The van der Waals surface area contributed by atoms with Crippen LogP contribution in [0.5, 0.6) is 5.88 Å². The summed E-state index contributed by atoms with van der Waals surface area (Å²) in [5.41, 5.74) is 7.37. The van der Waals surface area contributed by atoms with Gasteiger partial charge >= 0.3 is 0 Å². The quantitative estimate of drug-likeness (QED) is 0.916. The summed E-state index contributed by atoms with van der Waals surface area (Å²) in [5, 5.41) is 0. The Morgan fingerprint density at radius 1 is 1.53 bits per heavy atom. The van der Waals surface area contributed by atoms with E-state index in [0.717, 1.165) is 16.5 Å². The first kappa shape index (κ1) is 12.3. The number of nitrogens with zero attached hydrogens (tertiary/aromatic N) is 1. The second-order valence-electron chi connectivity index (χ2n) is 3.99. The Balaban J connectivity index is 2.66. The van der Waals surface area contributed by atoms with E-state index in [2.05, 4.69) is 34.8 Å². The van der Waals surface area contributed by atoms with E-state index in [0.29, 0.717) is 24.1 Å². The summed E-state index contributed by atoms with van der Waals surface area (Å²) in [7, 11) is 0. The number of nitrogen functional groups attached to an aromatic ring is 1. The number of hydrogen-bond donors (Lipinski definition) is 1. The molecule has 1 aromatic rings. The van der Waals surface area contributed by atoms with Crippen molar-refractivity contribution in [3.05, 3.63) is 16.2 Å². The van der Waals surface area contributed by atoms with Crippen molar-refractivity contribution < 1.29 is 4.74 Å². The van der Waals surface area contributed by atoms with Crippen molar-refractivity contribution in [3.63, 3.8) is 0 Å². The maximum absolute atomic E-state index is 5.72. The van der Waals surface area contributed by atoms with Crippen LogP contribution in [-0.4, -0.2) is 11.6 Å². The standard InChI is InChI=1S/C11H17BrN2O/c1-7(2)4-5-15-11-10(12)8(3)9(13)6-14-11/h6-7H,4-5,13H2,1-3H3. The Morgan fingerprint density at radius 3 is 2.80 bits per heavy atom. The summed E-state index contributed by atoms with van der Waals surface area (Å²) in [6.07, 6.45) is 2.66. The van der Waals surface area contributed by atoms with Crippen LogP contribution in [0.2, 0.25) is 0 Å². The van der Waals surface area contributed by atoms with Crippen LogP contribution in [0.25, 0.3) is 0 Å². The molecule has 0 bridgehead atoms. The minimum absolute atomic E-state index is 0.627. The molecule has 15 heavy (non-hydrogen) atoms. The second kappa shape index (κ2) is 5.35. The molecule has 3 nitrogen and oxygen atoms in total. The van der Waals surface area contributed by atoms with E-state index in [1.165, 1.54) is 0 Å². The van der Waals surface area contributed by atoms with Gasteiger partial charge in [0.05, 0.1) is 23.0 Å². The number of nitrogens with two attached hydrogens (primary N) is 1. The van der Waals surface area contributed by atoms with Crippen molar-refractivity contribution in [2.75, 3.05) is 12.3 Å². The highest BCUT2D eigenvalue weighted by molar-refractivity contribution is 9.10. The van der Waals surface area contributed by atoms with Crippen LogP contribution in [0.1, 0.15) is 25.8 Å². The Labute approximate surface area is 99.2 Å². The van der Waals surface area contributed by atoms with Gasteiger partial charge in [-0.3, -0.25) is 0 Å². The second-order valence-corrected chi connectivity index (χ2v) is 4.78. The molecule has 0 aliphatic heterocycles. The first-order valence-electron chi connectivity index (χ1n) is 5.05. The number of halogens is 1. The molecule has 0 radical (unpaired) electrons. The number of ether oxygens (including phenoxy) is 1. The Kier molecular flexibility index (Phi) is 4.39. The molecule has 2 N–H and O–H groups in total. The van der Waals surface area contributed by atoms with E-state index in [1.54, 1.807) is 6.20 Å². The van der Waals surface area contributed by atoms with E-state index >= 15 is 0 Å². The largest absolute Gasteiger partial charge is 0.477 e. The molecule has 1 aromatic heterocycles. The minimum atomic E-state index is 0.627. The predicted octanol–water partition coefficient (Wildman–Crippen LogP) is 3.16. The number of rotatable bonds is 4. The molecule has 0 atom stereocenters. The zero-order valence-electron chi connectivity index (χ0n) is 9.38. The molecule has 0 aliphatic rings. The average molecular weight is 273 g/mol. The van der Waals surface area contributed by atoms with Crippen LogP contribution in [0, 0.1) is 12.8 Å².